The number of hydrogen-bond acceptors (Lipinski definition) is 6. The minimum absolute atomic E-state index is 0.0862. The highest BCUT2D eigenvalue weighted by Gasteiger charge is 2.19. The van der Waals surface area contributed by atoms with E-state index in [1.807, 2.05) is 0 Å². The van der Waals surface area contributed by atoms with Gasteiger partial charge in [0.05, 0.1) is 0 Å². The molecular formula is C57H102O6. The lowest BCUT2D eigenvalue weighted by molar-refractivity contribution is -0.167. The van der Waals surface area contributed by atoms with Crippen molar-refractivity contribution in [3.8, 4) is 0 Å². The molecule has 0 aromatic rings. The molecule has 1 unspecified atom stereocenters. The minimum Gasteiger partial charge on any atom is -0.462 e. The van der Waals surface area contributed by atoms with Gasteiger partial charge in [0.15, 0.2) is 6.10 Å². The van der Waals surface area contributed by atoms with Crippen LogP contribution in [0.2, 0.25) is 0 Å². The SMILES string of the molecule is CC/C=C\C/C=C\C/C=C\C/C=C\CCCCC(=O)OC(COC(=O)CCCCCCCCCCC)COC(=O)CCCCCCCCCCCCCCCCCCCCCCC. The zero-order valence-corrected chi connectivity index (χ0v) is 41.8. The quantitative estimate of drug-likeness (QED) is 0.0262. The Balaban J connectivity index is 4.27. The smallest absolute Gasteiger partial charge is 0.306 e. The van der Waals surface area contributed by atoms with Crippen LogP contribution in [-0.4, -0.2) is 37.2 Å². The van der Waals surface area contributed by atoms with Crippen molar-refractivity contribution in [2.75, 3.05) is 13.2 Å². The lowest BCUT2D eigenvalue weighted by Crippen LogP contribution is -2.30. The Morgan fingerprint density at radius 2 is 0.619 bits per heavy atom. The van der Waals surface area contributed by atoms with E-state index in [1.54, 1.807) is 0 Å². The molecule has 0 N–H and O–H groups in total. The first-order valence-corrected chi connectivity index (χ1v) is 27.1. The lowest BCUT2D eigenvalue weighted by atomic mass is 10.0. The van der Waals surface area contributed by atoms with Crippen LogP contribution in [0, 0.1) is 0 Å². The Bertz CT molecular complexity index is 1110. The van der Waals surface area contributed by atoms with Crippen LogP contribution in [0.3, 0.4) is 0 Å². The van der Waals surface area contributed by atoms with Gasteiger partial charge in [0, 0.05) is 19.3 Å². The topological polar surface area (TPSA) is 78.9 Å². The maximum absolute atomic E-state index is 12.8. The van der Waals surface area contributed by atoms with Gasteiger partial charge < -0.3 is 14.2 Å². The van der Waals surface area contributed by atoms with Crippen LogP contribution < -0.4 is 0 Å². The van der Waals surface area contributed by atoms with E-state index in [4.69, 9.17) is 14.2 Å². The minimum atomic E-state index is -0.789. The van der Waals surface area contributed by atoms with Gasteiger partial charge in [0.2, 0.25) is 0 Å². The Labute approximate surface area is 390 Å². The third-order valence-corrected chi connectivity index (χ3v) is 11.8. The standard InChI is InChI=1S/C57H102O6/c1-4-7-10-13-16-19-21-23-25-26-27-28-29-30-32-33-35-38-41-44-47-50-56(59)62-53-54(52-61-55(58)49-46-43-40-37-18-15-12-9-6-3)63-57(60)51-48-45-42-39-36-34-31-24-22-20-17-14-11-8-5-2/h8,11,17,20,24,31,36,39,54H,4-7,9-10,12-16,18-19,21-23,25-30,32-35,37-38,40-53H2,1-3H3/b11-8-,20-17-,31-24-,39-36-. The number of allylic oxidation sites excluding steroid dienone is 8. The number of carbonyl (C=O) groups is 3. The Kier molecular flexibility index (Phi) is 49.8. The number of rotatable bonds is 49. The van der Waals surface area contributed by atoms with Crippen molar-refractivity contribution in [1.82, 2.24) is 0 Å². The highest BCUT2D eigenvalue weighted by atomic mass is 16.6. The molecular weight excluding hydrogens is 781 g/mol. The molecule has 0 amide bonds. The zero-order valence-electron chi connectivity index (χ0n) is 41.8. The predicted molar refractivity (Wildman–Crippen MR) is 270 cm³/mol. The van der Waals surface area contributed by atoms with Gasteiger partial charge in [-0.1, -0.05) is 249 Å². The second kappa shape index (κ2) is 52.0. The Hall–Kier alpha value is -2.63. The van der Waals surface area contributed by atoms with Crippen LogP contribution >= 0.6 is 0 Å². The maximum atomic E-state index is 12.8. The number of carbonyl (C=O) groups excluding carboxylic acids is 3. The summed E-state index contributed by atoms with van der Waals surface area (Å²) in [6.45, 7) is 6.50. The molecule has 0 aromatic carbocycles. The Morgan fingerprint density at radius 1 is 0.333 bits per heavy atom. The summed E-state index contributed by atoms with van der Waals surface area (Å²) in [4.78, 5) is 37.9. The highest BCUT2D eigenvalue weighted by molar-refractivity contribution is 5.71. The summed E-state index contributed by atoms with van der Waals surface area (Å²) in [5, 5.41) is 0. The molecule has 0 aliphatic heterocycles. The van der Waals surface area contributed by atoms with Crippen molar-refractivity contribution in [1.29, 1.82) is 0 Å². The number of esters is 3. The second-order valence-electron chi connectivity index (χ2n) is 18.1. The molecule has 0 saturated carbocycles. The molecule has 0 aliphatic rings. The van der Waals surface area contributed by atoms with E-state index in [2.05, 4.69) is 69.4 Å². The molecule has 0 fully saturated rings. The third kappa shape index (κ3) is 50.2. The average molecular weight is 883 g/mol. The zero-order chi connectivity index (χ0) is 45.8. The lowest BCUT2D eigenvalue weighted by Gasteiger charge is -2.18. The van der Waals surface area contributed by atoms with Gasteiger partial charge in [-0.3, -0.25) is 14.4 Å². The van der Waals surface area contributed by atoms with Crippen LogP contribution in [0.25, 0.3) is 0 Å². The number of unbranched alkanes of at least 4 members (excludes halogenated alkanes) is 30. The van der Waals surface area contributed by atoms with Gasteiger partial charge in [0.25, 0.3) is 0 Å². The molecule has 6 nitrogen and oxygen atoms in total. The third-order valence-electron chi connectivity index (χ3n) is 11.8. The van der Waals surface area contributed by atoms with Crippen molar-refractivity contribution < 1.29 is 28.6 Å². The molecule has 0 aliphatic carbocycles. The fourth-order valence-electron chi connectivity index (χ4n) is 7.79. The summed E-state index contributed by atoms with van der Waals surface area (Å²) in [5.74, 6) is -0.920. The largest absolute Gasteiger partial charge is 0.462 e. The van der Waals surface area contributed by atoms with Crippen molar-refractivity contribution in [2.24, 2.45) is 0 Å². The van der Waals surface area contributed by atoms with Crippen LogP contribution in [-0.2, 0) is 28.6 Å². The molecule has 366 valence electrons. The van der Waals surface area contributed by atoms with E-state index in [0.29, 0.717) is 19.3 Å². The second-order valence-corrected chi connectivity index (χ2v) is 18.1. The van der Waals surface area contributed by atoms with E-state index in [9.17, 15) is 14.4 Å². The van der Waals surface area contributed by atoms with Gasteiger partial charge in [0.1, 0.15) is 13.2 Å². The van der Waals surface area contributed by atoms with Crippen LogP contribution in [0.5, 0.6) is 0 Å². The summed E-state index contributed by atoms with van der Waals surface area (Å²) >= 11 is 0. The molecule has 63 heavy (non-hydrogen) atoms. The van der Waals surface area contributed by atoms with E-state index in [1.165, 1.54) is 154 Å². The van der Waals surface area contributed by atoms with Gasteiger partial charge >= 0.3 is 17.9 Å². The normalized spacial score (nSPS) is 12.4. The van der Waals surface area contributed by atoms with Gasteiger partial charge in [-0.05, 0) is 57.8 Å². The molecule has 1 atom stereocenters. The summed E-state index contributed by atoms with van der Waals surface area (Å²) in [6, 6.07) is 0. The summed E-state index contributed by atoms with van der Waals surface area (Å²) in [5.41, 5.74) is 0. The van der Waals surface area contributed by atoms with E-state index in [-0.39, 0.29) is 37.5 Å². The van der Waals surface area contributed by atoms with Crippen LogP contribution in [0.15, 0.2) is 48.6 Å². The summed E-state index contributed by atoms with van der Waals surface area (Å²) in [7, 11) is 0. The van der Waals surface area contributed by atoms with E-state index >= 15 is 0 Å². The number of ether oxygens (including phenoxy) is 3. The predicted octanol–water partition coefficient (Wildman–Crippen LogP) is 17.9. The molecule has 0 radical (unpaired) electrons. The highest BCUT2D eigenvalue weighted by Crippen LogP contribution is 2.16. The molecule has 0 saturated heterocycles. The van der Waals surface area contributed by atoms with E-state index in [0.717, 1.165) is 77.0 Å². The van der Waals surface area contributed by atoms with Crippen molar-refractivity contribution >= 4 is 17.9 Å². The molecule has 6 heteroatoms. The maximum Gasteiger partial charge on any atom is 0.306 e. The van der Waals surface area contributed by atoms with Gasteiger partial charge in [-0.2, -0.15) is 0 Å². The Morgan fingerprint density at radius 3 is 0.968 bits per heavy atom. The van der Waals surface area contributed by atoms with Crippen LogP contribution in [0.1, 0.15) is 278 Å². The monoisotopic (exact) mass is 883 g/mol. The summed E-state index contributed by atoms with van der Waals surface area (Å²) in [6.07, 6.45) is 62.6. The fourth-order valence-corrected chi connectivity index (χ4v) is 7.79. The van der Waals surface area contributed by atoms with Gasteiger partial charge in [-0.25, -0.2) is 0 Å². The molecule has 0 spiro atoms. The molecule has 0 bridgehead atoms. The summed E-state index contributed by atoms with van der Waals surface area (Å²) < 4.78 is 16.8. The first-order valence-electron chi connectivity index (χ1n) is 27.1. The van der Waals surface area contributed by atoms with Crippen molar-refractivity contribution in [2.45, 2.75) is 284 Å². The fraction of sp³-hybridized carbons (Fsp3) is 0.807. The van der Waals surface area contributed by atoms with Gasteiger partial charge in [-0.15, -0.1) is 0 Å². The first-order chi connectivity index (χ1) is 31.0. The molecule has 0 rings (SSSR count). The van der Waals surface area contributed by atoms with Crippen molar-refractivity contribution in [3.05, 3.63) is 48.6 Å². The average Bonchev–Trinajstić information content (AvgIpc) is 3.28. The van der Waals surface area contributed by atoms with E-state index < -0.39 is 6.10 Å². The number of hydrogen-bond donors (Lipinski definition) is 0. The molecule has 0 heterocycles. The first kappa shape index (κ1) is 60.4. The van der Waals surface area contributed by atoms with Crippen LogP contribution in [0.4, 0.5) is 0 Å². The molecule has 0 aromatic heterocycles. The van der Waals surface area contributed by atoms with Crippen molar-refractivity contribution in [3.63, 3.8) is 0 Å².